The average Bonchev–Trinajstić information content (AvgIpc) is 2.92. The Hall–Kier alpha value is -4.67. The van der Waals surface area contributed by atoms with E-state index < -0.39 is 93.0 Å². The number of carbonyl (C=O) groups excluding carboxylic acids is 5. The van der Waals surface area contributed by atoms with E-state index in [1.807, 2.05) is 0 Å². The zero-order chi connectivity index (χ0) is 36.4. The van der Waals surface area contributed by atoms with Crippen molar-refractivity contribution < 1.29 is 49.1 Å². The van der Waals surface area contributed by atoms with Crippen LogP contribution in [0.4, 0.5) is 16.2 Å². The minimum atomic E-state index is -3.05. The van der Waals surface area contributed by atoms with Gasteiger partial charge < -0.3 is 51.3 Å². The predicted octanol–water partition coefficient (Wildman–Crippen LogP) is 0.0333. The molecular weight excluding hydrogens is 628 g/mol. The lowest BCUT2D eigenvalue weighted by molar-refractivity contribution is -0.157. The van der Waals surface area contributed by atoms with Crippen LogP contribution in [-0.2, 0) is 30.3 Å². The molecule has 1 fully saturated rings. The number of fused-ring (bicyclic) bond motifs is 3. The molecule has 0 saturated heterocycles. The molecule has 262 valence electrons. The number of ether oxygens (including phenoxy) is 1. The third-order valence-corrected chi connectivity index (χ3v) is 8.72. The summed E-state index contributed by atoms with van der Waals surface area (Å²) in [5.74, 6) is -9.62. The third kappa shape index (κ3) is 5.95. The standard InChI is InChI=1S/C32H44N6O10/c1-31(2,3)48-30(46)35-22-14-10-13-16(37(6)7)11-15(34-17(39)12-36(4)5)24(40)18(13)25(41)19(14)27(43)32(47)21(22)23(38(8)9)26(42)20(28(32)44)29(33)45/h11,14,21-23,40-41,44,47H,10,12H2,1-9H3,(H2,33,45)(H,34,39)(H,35,46)/t14-,21+,22+,23+,32+/m1/s1. The van der Waals surface area contributed by atoms with Gasteiger partial charge in [0.25, 0.3) is 5.91 Å². The van der Waals surface area contributed by atoms with Crippen LogP contribution >= 0.6 is 0 Å². The number of benzene rings is 1. The molecular formula is C32H44N6O10. The van der Waals surface area contributed by atoms with Crippen molar-refractivity contribution in [3.63, 3.8) is 0 Å². The minimum absolute atomic E-state index is 0.0343. The molecule has 48 heavy (non-hydrogen) atoms. The largest absolute Gasteiger partial charge is 0.508 e. The Kier molecular flexibility index (Phi) is 9.35. The molecule has 3 amide bonds. The maximum absolute atomic E-state index is 14.5. The van der Waals surface area contributed by atoms with Crippen LogP contribution in [0.1, 0.15) is 31.9 Å². The number of nitrogens with one attached hydrogen (secondary N) is 2. The van der Waals surface area contributed by atoms with Crippen molar-refractivity contribution in [2.45, 2.75) is 50.5 Å². The number of phenolic OH excluding ortho intramolecular Hbond substituents is 1. The van der Waals surface area contributed by atoms with Crippen LogP contribution in [0.25, 0.3) is 5.76 Å². The maximum atomic E-state index is 14.5. The molecule has 3 aliphatic rings. The fraction of sp³-hybridized carbons (Fsp3) is 0.531. The summed E-state index contributed by atoms with van der Waals surface area (Å²) in [6.07, 6.45) is -1.13. The normalized spacial score (nSPS) is 25.4. The van der Waals surface area contributed by atoms with E-state index in [0.717, 1.165) is 0 Å². The van der Waals surface area contributed by atoms with Gasteiger partial charge in [-0.25, -0.2) is 4.79 Å². The number of alkyl carbamates (subject to hydrolysis) is 1. The Morgan fingerprint density at radius 3 is 2.17 bits per heavy atom. The minimum Gasteiger partial charge on any atom is -0.508 e. The molecule has 0 spiro atoms. The van der Waals surface area contributed by atoms with Crippen molar-refractivity contribution in [2.75, 3.05) is 59.0 Å². The van der Waals surface area contributed by atoms with E-state index >= 15 is 0 Å². The van der Waals surface area contributed by atoms with Crippen LogP contribution in [0.3, 0.4) is 0 Å². The Labute approximate surface area is 277 Å². The summed E-state index contributed by atoms with van der Waals surface area (Å²) in [4.78, 5) is 71.3. The topological polar surface area (TPSA) is 235 Å². The van der Waals surface area contributed by atoms with Crippen molar-refractivity contribution in [2.24, 2.45) is 17.6 Å². The number of aliphatic hydroxyl groups excluding tert-OH is 2. The van der Waals surface area contributed by atoms with E-state index in [2.05, 4.69) is 10.6 Å². The number of anilines is 2. The molecule has 0 unspecified atom stereocenters. The number of carbonyl (C=O) groups is 5. The van der Waals surface area contributed by atoms with Crippen molar-refractivity contribution in [1.29, 1.82) is 0 Å². The van der Waals surface area contributed by atoms with Crippen molar-refractivity contribution in [3.05, 3.63) is 34.1 Å². The number of rotatable bonds is 7. The number of likely N-dealkylation sites (N-methyl/N-ethyl adjacent to an activating group) is 2. The number of Topliss-reactive ketones (excluding diaryl/α,β-unsaturated/α-hetero) is 2. The van der Waals surface area contributed by atoms with Crippen LogP contribution in [0.15, 0.2) is 23.0 Å². The number of phenols is 1. The lowest BCUT2D eigenvalue weighted by Gasteiger charge is -2.54. The highest BCUT2D eigenvalue weighted by atomic mass is 16.6. The molecule has 0 heterocycles. The number of primary amides is 1. The van der Waals surface area contributed by atoms with Gasteiger partial charge in [0.2, 0.25) is 11.7 Å². The maximum Gasteiger partial charge on any atom is 0.407 e. The molecule has 1 saturated carbocycles. The van der Waals surface area contributed by atoms with E-state index in [0.29, 0.717) is 11.3 Å². The van der Waals surface area contributed by atoms with Crippen LogP contribution < -0.4 is 21.3 Å². The third-order valence-electron chi connectivity index (χ3n) is 8.72. The number of nitrogens with zero attached hydrogens (tertiary/aromatic N) is 3. The fourth-order valence-corrected chi connectivity index (χ4v) is 6.95. The molecule has 0 radical (unpaired) electrons. The molecule has 1 aromatic carbocycles. The van der Waals surface area contributed by atoms with E-state index in [9.17, 15) is 44.4 Å². The first-order valence-electron chi connectivity index (χ1n) is 15.2. The number of aliphatic hydroxyl groups is 3. The smallest absolute Gasteiger partial charge is 0.407 e. The van der Waals surface area contributed by atoms with E-state index in [4.69, 9.17) is 10.5 Å². The zero-order valence-electron chi connectivity index (χ0n) is 28.5. The highest BCUT2D eigenvalue weighted by Gasteiger charge is 2.68. The summed E-state index contributed by atoms with van der Waals surface area (Å²) in [6.45, 7) is 4.81. The first kappa shape index (κ1) is 36.2. The van der Waals surface area contributed by atoms with Crippen LogP contribution in [0.2, 0.25) is 0 Å². The van der Waals surface area contributed by atoms with Gasteiger partial charge in [-0.3, -0.25) is 24.1 Å². The Balaban J connectivity index is 2.06. The van der Waals surface area contributed by atoms with Crippen molar-refractivity contribution >= 4 is 46.6 Å². The van der Waals surface area contributed by atoms with Crippen LogP contribution in [0.5, 0.6) is 5.75 Å². The number of hydrogen-bond acceptors (Lipinski definition) is 13. The first-order chi connectivity index (χ1) is 22.0. The second kappa shape index (κ2) is 12.4. The summed E-state index contributed by atoms with van der Waals surface area (Å²) in [7, 11) is 9.63. The molecule has 0 aromatic heterocycles. The van der Waals surface area contributed by atoms with Crippen molar-refractivity contribution in [3.8, 4) is 5.75 Å². The SMILES string of the molecule is CN(C)CC(=O)Nc1cc(N(C)C)c2c(c1O)C(O)=C1C(=O)[C@]3(O)C(O)=C(C(N)=O)C(=O)[C@@H](N(C)C)[C@@H]3[C@@H](NC(=O)OC(C)(C)C)[C@@H]1C2. The van der Waals surface area contributed by atoms with Gasteiger partial charge in [0.15, 0.2) is 11.4 Å². The molecule has 1 aromatic rings. The van der Waals surface area contributed by atoms with Gasteiger partial charge in [0, 0.05) is 43.2 Å². The fourth-order valence-electron chi connectivity index (χ4n) is 6.95. The number of hydrogen-bond donors (Lipinski definition) is 7. The van der Waals surface area contributed by atoms with Gasteiger partial charge >= 0.3 is 6.09 Å². The Morgan fingerprint density at radius 2 is 1.67 bits per heavy atom. The molecule has 4 rings (SSSR count). The van der Waals surface area contributed by atoms with Crippen LogP contribution in [-0.4, -0.2) is 132 Å². The molecule has 0 aliphatic heterocycles. The second-order valence-electron chi connectivity index (χ2n) is 14.1. The summed E-state index contributed by atoms with van der Waals surface area (Å²) >= 11 is 0. The zero-order valence-corrected chi connectivity index (χ0v) is 28.5. The Morgan fingerprint density at radius 1 is 1.06 bits per heavy atom. The summed E-state index contributed by atoms with van der Waals surface area (Å²) in [5, 5.41) is 52.2. The molecule has 16 heteroatoms. The first-order valence-corrected chi connectivity index (χ1v) is 15.2. The summed E-state index contributed by atoms with van der Waals surface area (Å²) in [6, 6.07) is -1.37. The highest BCUT2D eigenvalue weighted by molar-refractivity contribution is 6.24. The van der Waals surface area contributed by atoms with Crippen LogP contribution in [0, 0.1) is 11.8 Å². The molecule has 5 atom stereocenters. The number of ketones is 2. The van der Waals surface area contributed by atoms with Gasteiger partial charge in [-0.15, -0.1) is 0 Å². The quantitative estimate of drug-likeness (QED) is 0.150. The molecule has 8 N–H and O–H groups in total. The van der Waals surface area contributed by atoms with E-state index in [-0.39, 0.29) is 24.2 Å². The molecule has 16 nitrogen and oxygen atoms in total. The average molecular weight is 673 g/mol. The second-order valence-corrected chi connectivity index (χ2v) is 14.1. The van der Waals surface area contributed by atoms with Crippen molar-refractivity contribution in [1.82, 2.24) is 15.1 Å². The van der Waals surface area contributed by atoms with Gasteiger partial charge in [0.1, 0.15) is 28.4 Å². The van der Waals surface area contributed by atoms with Gasteiger partial charge in [-0.2, -0.15) is 0 Å². The summed E-state index contributed by atoms with van der Waals surface area (Å²) < 4.78 is 5.49. The van der Waals surface area contributed by atoms with E-state index in [1.54, 1.807) is 58.8 Å². The number of aromatic hydroxyl groups is 1. The highest BCUT2D eigenvalue weighted by Crippen LogP contribution is 2.54. The van der Waals surface area contributed by atoms with Gasteiger partial charge in [-0.05, 0) is 67.0 Å². The van der Waals surface area contributed by atoms with Gasteiger partial charge in [0.05, 0.1) is 23.8 Å². The lowest BCUT2D eigenvalue weighted by atomic mass is 9.55. The molecule has 0 bridgehead atoms. The number of amides is 3. The molecule has 3 aliphatic carbocycles. The van der Waals surface area contributed by atoms with Gasteiger partial charge in [-0.1, -0.05) is 0 Å². The summed E-state index contributed by atoms with van der Waals surface area (Å²) in [5.41, 5.74) is 0.350. The predicted molar refractivity (Wildman–Crippen MR) is 174 cm³/mol. The Bertz CT molecular complexity index is 1660. The number of nitrogens with two attached hydrogens (primary N) is 1. The lowest BCUT2D eigenvalue weighted by Crippen LogP contribution is -2.73. The monoisotopic (exact) mass is 672 g/mol. The van der Waals surface area contributed by atoms with E-state index in [1.165, 1.54) is 25.1 Å².